The van der Waals surface area contributed by atoms with Gasteiger partial charge in [0, 0.05) is 17.7 Å². The van der Waals surface area contributed by atoms with E-state index < -0.39 is 10.5 Å². The van der Waals surface area contributed by atoms with E-state index >= 15 is 0 Å². The fraction of sp³-hybridized carbons (Fsp3) is 0.545. The molecule has 1 rings (SSSR count). The first-order valence-corrected chi connectivity index (χ1v) is 5.50. The summed E-state index contributed by atoms with van der Waals surface area (Å²) >= 11 is 0. The lowest BCUT2D eigenvalue weighted by Gasteiger charge is -2.22. The van der Waals surface area contributed by atoms with Crippen LogP contribution in [0.2, 0.25) is 0 Å². The summed E-state index contributed by atoms with van der Waals surface area (Å²) in [4.78, 5) is 14.2. The van der Waals surface area contributed by atoms with Crippen molar-refractivity contribution in [3.8, 4) is 11.8 Å². The summed E-state index contributed by atoms with van der Waals surface area (Å²) in [5, 5.41) is 10.8. The van der Waals surface area contributed by atoms with Crippen LogP contribution in [0.5, 0.6) is 11.8 Å². The molecular formula is C11H17N3O4. The van der Waals surface area contributed by atoms with Crippen molar-refractivity contribution in [3.05, 3.63) is 22.2 Å². The van der Waals surface area contributed by atoms with Crippen molar-refractivity contribution in [1.29, 1.82) is 0 Å². The van der Waals surface area contributed by atoms with Crippen molar-refractivity contribution in [1.82, 2.24) is 4.98 Å². The molecule has 0 aliphatic carbocycles. The molecule has 7 nitrogen and oxygen atoms in total. The van der Waals surface area contributed by atoms with Gasteiger partial charge in [0.1, 0.15) is 6.61 Å². The van der Waals surface area contributed by atoms with Crippen molar-refractivity contribution in [2.45, 2.75) is 25.8 Å². The Morgan fingerprint density at radius 1 is 1.56 bits per heavy atom. The molecule has 1 aromatic rings. The lowest BCUT2D eigenvalue weighted by atomic mass is 10.0. The topological polar surface area (TPSA) is 101 Å². The molecule has 0 aliphatic heterocycles. The maximum Gasteiger partial charge on any atom is 0.331 e. The first-order valence-electron chi connectivity index (χ1n) is 5.50. The summed E-state index contributed by atoms with van der Waals surface area (Å²) < 4.78 is 10.2. The number of ether oxygens (including phenoxy) is 2. The Morgan fingerprint density at radius 2 is 2.22 bits per heavy atom. The predicted octanol–water partition coefficient (Wildman–Crippen LogP) is 1.50. The maximum absolute atomic E-state index is 10.8. The van der Waals surface area contributed by atoms with Crippen LogP contribution in [0.15, 0.2) is 12.1 Å². The SMILES string of the molecule is CCC(C)(N)COc1nc(OC)ccc1[N+](=O)[O-]. The largest absolute Gasteiger partial charge is 0.481 e. The normalized spacial score (nSPS) is 13.8. The molecule has 0 saturated heterocycles. The summed E-state index contributed by atoms with van der Waals surface area (Å²) in [6.07, 6.45) is 0.685. The summed E-state index contributed by atoms with van der Waals surface area (Å²) in [7, 11) is 1.43. The van der Waals surface area contributed by atoms with Gasteiger partial charge in [-0.25, -0.2) is 0 Å². The Hall–Kier alpha value is -1.89. The number of nitro groups is 1. The maximum atomic E-state index is 10.8. The molecule has 2 N–H and O–H groups in total. The van der Waals surface area contributed by atoms with Crippen LogP contribution < -0.4 is 15.2 Å². The van der Waals surface area contributed by atoms with Crippen molar-refractivity contribution in [2.75, 3.05) is 13.7 Å². The van der Waals surface area contributed by atoms with Crippen LogP contribution in [0.4, 0.5) is 5.69 Å². The van der Waals surface area contributed by atoms with Gasteiger partial charge in [-0.1, -0.05) is 6.92 Å². The summed E-state index contributed by atoms with van der Waals surface area (Å²) in [6.45, 7) is 3.86. The van der Waals surface area contributed by atoms with E-state index in [2.05, 4.69) is 4.98 Å². The van der Waals surface area contributed by atoms with Crippen LogP contribution >= 0.6 is 0 Å². The number of aromatic nitrogens is 1. The average molecular weight is 255 g/mol. The zero-order valence-corrected chi connectivity index (χ0v) is 10.7. The quantitative estimate of drug-likeness (QED) is 0.610. The van der Waals surface area contributed by atoms with Crippen molar-refractivity contribution >= 4 is 5.69 Å². The van der Waals surface area contributed by atoms with Gasteiger partial charge in [-0.05, 0) is 13.3 Å². The fourth-order valence-corrected chi connectivity index (χ4v) is 1.11. The fourth-order valence-electron chi connectivity index (χ4n) is 1.11. The minimum Gasteiger partial charge on any atom is -0.481 e. The number of methoxy groups -OCH3 is 1. The van der Waals surface area contributed by atoms with E-state index in [1.165, 1.54) is 19.2 Å². The molecule has 18 heavy (non-hydrogen) atoms. The van der Waals surface area contributed by atoms with Crippen LogP contribution in [0.1, 0.15) is 20.3 Å². The van der Waals surface area contributed by atoms with Crippen LogP contribution in [0.3, 0.4) is 0 Å². The second-order valence-corrected chi connectivity index (χ2v) is 4.23. The Bertz CT molecular complexity index is 434. The van der Waals surface area contributed by atoms with Gasteiger partial charge in [0.2, 0.25) is 5.88 Å². The van der Waals surface area contributed by atoms with Gasteiger partial charge in [0.05, 0.1) is 12.0 Å². The van der Waals surface area contributed by atoms with E-state index in [9.17, 15) is 10.1 Å². The minimum atomic E-state index is -0.557. The number of nitrogens with two attached hydrogens (primary N) is 1. The highest BCUT2D eigenvalue weighted by molar-refractivity contribution is 5.43. The summed E-state index contributed by atoms with van der Waals surface area (Å²) in [6, 6.07) is 2.70. The first-order chi connectivity index (χ1) is 8.39. The summed E-state index contributed by atoms with van der Waals surface area (Å²) in [5.74, 6) is 0.176. The van der Waals surface area contributed by atoms with Gasteiger partial charge in [-0.2, -0.15) is 4.98 Å². The predicted molar refractivity (Wildman–Crippen MR) is 65.8 cm³/mol. The van der Waals surface area contributed by atoms with Gasteiger partial charge < -0.3 is 15.2 Å². The molecule has 0 radical (unpaired) electrons. The highest BCUT2D eigenvalue weighted by Crippen LogP contribution is 2.27. The molecule has 0 aromatic carbocycles. The van der Waals surface area contributed by atoms with Gasteiger partial charge in [0.15, 0.2) is 0 Å². The van der Waals surface area contributed by atoms with E-state index in [-0.39, 0.29) is 24.1 Å². The second-order valence-electron chi connectivity index (χ2n) is 4.23. The lowest BCUT2D eigenvalue weighted by Crippen LogP contribution is -2.41. The third kappa shape index (κ3) is 3.56. The molecule has 7 heteroatoms. The molecule has 0 fully saturated rings. The average Bonchev–Trinajstić information content (AvgIpc) is 2.36. The molecule has 0 amide bonds. The van der Waals surface area contributed by atoms with E-state index in [1.54, 1.807) is 6.92 Å². The Kier molecular flexibility index (Phi) is 4.43. The standard InChI is InChI=1S/C11H17N3O4/c1-4-11(2,12)7-18-10-8(14(15)16)5-6-9(13-10)17-3/h5-6H,4,7,12H2,1-3H3. The van der Waals surface area contributed by atoms with Crippen molar-refractivity contribution in [3.63, 3.8) is 0 Å². The number of pyridine rings is 1. The monoisotopic (exact) mass is 255 g/mol. The van der Waals surface area contributed by atoms with Gasteiger partial charge in [-0.3, -0.25) is 10.1 Å². The molecular weight excluding hydrogens is 238 g/mol. The Labute approximate surface area is 105 Å². The van der Waals surface area contributed by atoms with Crippen molar-refractivity contribution < 1.29 is 14.4 Å². The van der Waals surface area contributed by atoms with Crippen LogP contribution in [-0.2, 0) is 0 Å². The van der Waals surface area contributed by atoms with E-state index in [1.807, 2.05) is 6.92 Å². The molecule has 1 heterocycles. The summed E-state index contributed by atoms with van der Waals surface area (Å²) in [5.41, 5.74) is 5.14. The van der Waals surface area contributed by atoms with E-state index in [0.29, 0.717) is 6.42 Å². The van der Waals surface area contributed by atoms with Gasteiger partial charge >= 0.3 is 5.69 Å². The molecule has 0 spiro atoms. The van der Waals surface area contributed by atoms with Crippen LogP contribution in [0, 0.1) is 10.1 Å². The Morgan fingerprint density at radius 3 is 2.72 bits per heavy atom. The molecule has 1 unspecified atom stereocenters. The zero-order valence-electron chi connectivity index (χ0n) is 10.7. The van der Waals surface area contributed by atoms with Crippen molar-refractivity contribution in [2.24, 2.45) is 5.73 Å². The lowest BCUT2D eigenvalue weighted by molar-refractivity contribution is -0.386. The number of nitrogens with zero attached hydrogens (tertiary/aromatic N) is 2. The molecule has 100 valence electrons. The highest BCUT2D eigenvalue weighted by Gasteiger charge is 2.22. The van der Waals surface area contributed by atoms with Gasteiger partial charge in [0.25, 0.3) is 5.88 Å². The molecule has 1 aromatic heterocycles. The molecule has 0 bridgehead atoms. The Balaban J connectivity index is 2.94. The molecule has 0 saturated carbocycles. The number of hydrogen-bond acceptors (Lipinski definition) is 6. The van der Waals surface area contributed by atoms with E-state index in [0.717, 1.165) is 0 Å². The number of rotatable bonds is 6. The molecule has 1 atom stereocenters. The van der Waals surface area contributed by atoms with Gasteiger partial charge in [-0.15, -0.1) is 0 Å². The highest BCUT2D eigenvalue weighted by atomic mass is 16.6. The van der Waals surface area contributed by atoms with Crippen LogP contribution in [0.25, 0.3) is 0 Å². The third-order valence-corrected chi connectivity index (χ3v) is 2.57. The number of hydrogen-bond donors (Lipinski definition) is 1. The van der Waals surface area contributed by atoms with Crippen LogP contribution in [-0.4, -0.2) is 29.2 Å². The molecule has 0 aliphatic rings. The third-order valence-electron chi connectivity index (χ3n) is 2.57. The first kappa shape index (κ1) is 14.2. The minimum absolute atomic E-state index is 0.0792. The zero-order chi connectivity index (χ0) is 13.8. The van der Waals surface area contributed by atoms with E-state index in [4.69, 9.17) is 15.2 Å². The second kappa shape index (κ2) is 5.63. The smallest absolute Gasteiger partial charge is 0.331 e.